The van der Waals surface area contributed by atoms with Crippen molar-refractivity contribution >= 4 is 62.6 Å². The van der Waals surface area contributed by atoms with Crippen LogP contribution in [0.2, 0.25) is 0 Å². The summed E-state index contributed by atoms with van der Waals surface area (Å²) in [7, 11) is 17.1. The van der Waals surface area contributed by atoms with Crippen molar-refractivity contribution in [2.24, 2.45) is 22.0 Å². The van der Waals surface area contributed by atoms with Crippen LogP contribution in [-0.4, -0.2) is 163 Å². The molecule has 0 unspecified atom stereocenters. The van der Waals surface area contributed by atoms with E-state index in [1.54, 1.807) is 58.2 Å². The van der Waals surface area contributed by atoms with E-state index in [-0.39, 0.29) is 5.91 Å². The highest BCUT2D eigenvalue weighted by Crippen LogP contribution is 2.13. The summed E-state index contributed by atoms with van der Waals surface area (Å²) in [5.74, 6) is 5.47. The van der Waals surface area contributed by atoms with Gasteiger partial charge in [0, 0.05) is 126 Å². The molecule has 5 aromatic rings. The van der Waals surface area contributed by atoms with Crippen LogP contribution in [-0.2, 0) is 11.8 Å². The predicted molar refractivity (Wildman–Crippen MR) is 403 cm³/mol. The van der Waals surface area contributed by atoms with Crippen LogP contribution in [0.5, 0.6) is 0 Å². The summed E-state index contributed by atoms with van der Waals surface area (Å²) in [6.07, 6.45) is 11.5. The molecule has 1 amide bonds. The maximum atomic E-state index is 10.1. The van der Waals surface area contributed by atoms with Gasteiger partial charge in [0.05, 0.1) is 39.3 Å². The summed E-state index contributed by atoms with van der Waals surface area (Å²) < 4.78 is 2.09. The molecule has 1 aromatic carbocycles. The number of pyridine rings is 1. The molecule has 0 saturated heterocycles. The van der Waals surface area contributed by atoms with Gasteiger partial charge in [-0.3, -0.25) is 24.8 Å². The van der Waals surface area contributed by atoms with Crippen LogP contribution in [0.3, 0.4) is 0 Å². The first kappa shape index (κ1) is 112. The van der Waals surface area contributed by atoms with Crippen molar-refractivity contribution in [1.82, 2.24) is 54.1 Å². The number of fused-ring (bicyclic) bond motifs is 1. The number of carbonyl (C=O) groups is 1. The predicted octanol–water partition coefficient (Wildman–Crippen LogP) is 19.3. The molecule has 0 saturated carbocycles. The minimum absolute atomic E-state index is 0.0926. The Morgan fingerprint density at radius 3 is 1.17 bits per heavy atom. The molecule has 506 valence electrons. The molecule has 2 aliphatic rings. The lowest BCUT2D eigenvalue weighted by Gasteiger charge is -2.08. The van der Waals surface area contributed by atoms with E-state index in [9.17, 15) is 4.79 Å². The Labute approximate surface area is 545 Å². The molecule has 0 spiro atoms. The molecule has 4 aromatic heterocycles. The number of aliphatic imine (C=N–C) groups is 3. The van der Waals surface area contributed by atoms with Gasteiger partial charge in [-0.1, -0.05) is 183 Å². The molecule has 2 aliphatic heterocycles. The molecule has 0 atom stereocenters. The minimum Gasteiger partial charge on any atom is -0.373 e. The zero-order valence-electron chi connectivity index (χ0n) is 63.7. The quantitative estimate of drug-likeness (QED) is 0.0825. The molecule has 0 N–H and O–H groups in total. The molecule has 0 radical (unpaired) electrons. The fraction of sp³-hybridized carbons (Fsp3) is 0.638. The second-order valence-electron chi connectivity index (χ2n) is 14.3. The van der Waals surface area contributed by atoms with Gasteiger partial charge >= 0.3 is 0 Å². The van der Waals surface area contributed by atoms with E-state index in [1.165, 1.54) is 46.7 Å². The number of thiocarbonyl (C=S) groups is 1. The van der Waals surface area contributed by atoms with Gasteiger partial charge in [0.25, 0.3) is 0 Å². The highest BCUT2D eigenvalue weighted by atomic mass is 32.2. The number of nitrogens with zero attached hydrogens (tertiary/aromatic N) is 14. The highest BCUT2D eigenvalue weighted by Gasteiger charge is 2.04. The van der Waals surface area contributed by atoms with E-state index in [4.69, 9.17) is 12.2 Å². The van der Waals surface area contributed by atoms with Crippen molar-refractivity contribution in [2.75, 3.05) is 81.8 Å². The zero-order valence-corrected chi connectivity index (χ0v) is 65.3. The molecule has 15 nitrogen and oxygen atoms in total. The van der Waals surface area contributed by atoms with Crippen LogP contribution >= 0.6 is 24.0 Å². The topological polar surface area (TPSA) is 149 Å². The number of hydrogen-bond acceptors (Lipinski definition) is 13. The van der Waals surface area contributed by atoms with E-state index in [0.717, 1.165) is 53.3 Å². The van der Waals surface area contributed by atoms with E-state index < -0.39 is 0 Å². The SMILES string of the molecule is CC.CC.CC.CC.CC.CC.CC.CC.CC.CC.CC.CC(=O)N(C)C.CC(=S)N(C)C.CC1=NCCCS1.CC1=NCCN1C.CN=C(C)N(C)C.Cc1ccncn1.Cc1nc2ccccc2n1C.Cc1ncccn1.c1ccncc1. The third-order valence-electron chi connectivity index (χ3n) is 8.51. The second-order valence-corrected chi connectivity index (χ2v) is 16.2. The number of thioether (sulfide) groups is 1. The van der Waals surface area contributed by atoms with Crippen molar-refractivity contribution in [3.63, 3.8) is 0 Å². The van der Waals surface area contributed by atoms with E-state index in [0.29, 0.717) is 0 Å². The normalized spacial score (nSPS) is 9.57. The summed E-state index contributed by atoms with van der Waals surface area (Å²) in [5, 5.41) is 1.26. The fourth-order valence-electron chi connectivity index (χ4n) is 3.72. The van der Waals surface area contributed by atoms with Gasteiger partial charge in [-0.05, 0) is 91.3 Å². The van der Waals surface area contributed by atoms with Crippen molar-refractivity contribution in [3.8, 4) is 0 Å². The molecule has 7 rings (SSSR count). The first-order valence-electron chi connectivity index (χ1n) is 31.8. The van der Waals surface area contributed by atoms with Gasteiger partial charge < -0.3 is 24.2 Å². The average Bonchev–Trinajstić information content (AvgIpc) is 4.29. The number of aromatic nitrogens is 7. The maximum Gasteiger partial charge on any atom is 0.218 e. The molecule has 0 fully saturated rings. The number of aryl methyl sites for hydroxylation is 4. The van der Waals surface area contributed by atoms with E-state index in [2.05, 4.69) is 74.4 Å². The lowest BCUT2D eigenvalue weighted by molar-refractivity contribution is -0.126. The number of amidine groups is 2. The molecular formula is C69H142N14OS2. The standard InChI is InChI=1S/C9H10N2.C5H10N2.2C5H6N2.C5H12N2.C5H9NS.C5H5N.C4H9NO.C4H9NS.11C2H6/c1-7-10-8-5-3-4-6-9(8)11(7)2;1-5-6-3-4-7(5)2;1-5-2-3-6-4-7-5;1-5-6-3-2-4-7-5;1-5(6-2)7(3)4;1-5-6-3-2-4-7-5;1-2-4-6-5-3-1;2*1-4(6)5(2)3;11*1-2/h3-6H,1-2H3;3-4H2,1-2H3;2*2-4H,1H3;1-4H3;2-4H2,1H3;1-5H;2*1-3H3;11*1-2H3. The van der Waals surface area contributed by atoms with E-state index >= 15 is 0 Å². The van der Waals surface area contributed by atoms with Crippen LogP contribution in [0.4, 0.5) is 0 Å². The second kappa shape index (κ2) is 101. The summed E-state index contributed by atoms with van der Waals surface area (Å²) >= 11 is 6.61. The Kier molecular flexibility index (Phi) is 131. The Hall–Kier alpha value is -5.68. The Morgan fingerprint density at radius 1 is 0.547 bits per heavy atom. The number of carbonyl (C=O) groups excluding carboxylic acids is 1. The molecule has 0 aliphatic carbocycles. The Morgan fingerprint density at radius 2 is 0.988 bits per heavy atom. The van der Waals surface area contributed by atoms with Crippen LogP contribution in [0.15, 0.2) is 107 Å². The lowest BCUT2D eigenvalue weighted by atomic mass is 10.3. The molecule has 6 heterocycles. The number of imidazole rings is 1. The fourth-order valence-corrected chi connectivity index (χ4v) is 4.47. The zero-order chi connectivity index (χ0) is 70.9. The number of likely N-dealkylation sites (N-methyl/N-ethyl adjacent to an activating group) is 1. The third kappa shape index (κ3) is 92.1. The van der Waals surface area contributed by atoms with Gasteiger partial charge in [-0.2, -0.15) is 0 Å². The summed E-state index contributed by atoms with van der Waals surface area (Å²) in [6, 6.07) is 17.5. The van der Waals surface area contributed by atoms with E-state index in [1.807, 2.05) is 293 Å². The Bertz CT molecular complexity index is 1950. The maximum absolute atomic E-state index is 10.1. The lowest BCUT2D eigenvalue weighted by Crippen LogP contribution is -2.19. The van der Waals surface area contributed by atoms with Gasteiger partial charge in [0.1, 0.15) is 18.0 Å². The molecular weight excluding hydrogens is 1100 g/mol. The minimum atomic E-state index is 0.0926. The third-order valence-corrected chi connectivity index (χ3v) is 9.91. The summed E-state index contributed by atoms with van der Waals surface area (Å²) in [5.41, 5.74) is 3.28. The van der Waals surface area contributed by atoms with Crippen LogP contribution in [0.1, 0.15) is 211 Å². The molecule has 86 heavy (non-hydrogen) atoms. The number of amides is 1. The van der Waals surface area contributed by atoms with Gasteiger partial charge in [-0.15, -0.1) is 11.8 Å². The first-order valence-corrected chi connectivity index (χ1v) is 33.2. The molecule has 17 heteroatoms. The van der Waals surface area contributed by atoms with Crippen molar-refractivity contribution in [2.45, 2.75) is 214 Å². The average molecular weight is 1250 g/mol. The Balaban J connectivity index is -0.0000000611. The van der Waals surface area contributed by atoms with Gasteiger partial charge in [-0.25, -0.2) is 24.9 Å². The number of para-hydroxylation sites is 2. The summed E-state index contributed by atoms with van der Waals surface area (Å²) in [6.45, 7) is 62.5. The van der Waals surface area contributed by atoms with Gasteiger partial charge in [0.15, 0.2) is 0 Å². The number of benzene rings is 1. The monoisotopic (exact) mass is 1250 g/mol. The largest absolute Gasteiger partial charge is 0.373 e. The number of rotatable bonds is 0. The van der Waals surface area contributed by atoms with Crippen molar-refractivity contribution in [1.29, 1.82) is 0 Å². The summed E-state index contributed by atoms with van der Waals surface area (Å²) in [4.78, 5) is 54.3. The highest BCUT2D eigenvalue weighted by molar-refractivity contribution is 8.13. The first-order chi connectivity index (χ1) is 41.2. The number of hydrogen-bond donors (Lipinski definition) is 0. The smallest absolute Gasteiger partial charge is 0.218 e. The van der Waals surface area contributed by atoms with Crippen molar-refractivity contribution < 1.29 is 4.79 Å². The van der Waals surface area contributed by atoms with Crippen LogP contribution in [0, 0.1) is 20.8 Å². The van der Waals surface area contributed by atoms with Crippen molar-refractivity contribution in [3.05, 3.63) is 109 Å². The van der Waals surface area contributed by atoms with Crippen LogP contribution < -0.4 is 0 Å². The van der Waals surface area contributed by atoms with Gasteiger partial charge in [0.2, 0.25) is 5.91 Å². The molecule has 0 bridgehead atoms. The van der Waals surface area contributed by atoms with Crippen LogP contribution in [0.25, 0.3) is 11.0 Å².